The van der Waals surface area contributed by atoms with E-state index in [1.54, 1.807) is 39.1 Å². The van der Waals surface area contributed by atoms with Crippen LogP contribution in [0.4, 0.5) is 15.3 Å². The van der Waals surface area contributed by atoms with Crippen LogP contribution in [-0.4, -0.2) is 37.7 Å². The van der Waals surface area contributed by atoms with E-state index in [2.05, 4.69) is 49.5 Å². The van der Waals surface area contributed by atoms with Crippen LogP contribution >= 0.6 is 0 Å². The molecule has 2 N–H and O–H groups in total. The van der Waals surface area contributed by atoms with Gasteiger partial charge in [0.25, 0.3) is 0 Å². The van der Waals surface area contributed by atoms with Crippen molar-refractivity contribution in [3.8, 4) is 0 Å². The first-order valence-corrected chi connectivity index (χ1v) is 15.0. The average molecular weight is 516 g/mol. The lowest BCUT2D eigenvalue weighted by Gasteiger charge is -2.40. The number of benzene rings is 1. The number of amides is 2. The van der Waals surface area contributed by atoms with Crippen LogP contribution in [0.3, 0.4) is 0 Å². The number of anilines is 1. The summed E-state index contributed by atoms with van der Waals surface area (Å²) in [5, 5.41) is 5.67. The van der Waals surface area contributed by atoms with E-state index in [0.717, 1.165) is 5.56 Å². The van der Waals surface area contributed by atoms with Crippen molar-refractivity contribution in [2.24, 2.45) is 0 Å². The molecule has 1 aromatic heterocycles. The van der Waals surface area contributed by atoms with Crippen LogP contribution < -0.4 is 10.6 Å². The fourth-order valence-corrected chi connectivity index (χ4v) is 4.01. The van der Waals surface area contributed by atoms with Crippen molar-refractivity contribution in [1.82, 2.24) is 10.3 Å². The fraction of sp³-hybridized carbons (Fsp3) is 0.519. The third kappa shape index (κ3) is 8.95. The first-order valence-electron chi connectivity index (χ1n) is 12.1. The zero-order valence-electron chi connectivity index (χ0n) is 23.0. The van der Waals surface area contributed by atoms with E-state index in [0.29, 0.717) is 11.4 Å². The lowest BCUT2D eigenvalue weighted by molar-refractivity contribution is 0.0413. The number of hydrogen-bond donors (Lipinski definition) is 2. The summed E-state index contributed by atoms with van der Waals surface area (Å²) >= 11 is 0. The number of aromatic nitrogens is 1. The molecule has 9 heteroatoms. The zero-order chi connectivity index (χ0) is 27.2. The average Bonchev–Trinajstić information content (AvgIpc) is 2.75. The summed E-state index contributed by atoms with van der Waals surface area (Å²) in [5.41, 5.74) is 0.226. The topological polar surface area (TPSA) is 98.8 Å². The Morgan fingerprint density at radius 1 is 0.944 bits per heavy atom. The fourth-order valence-electron chi connectivity index (χ4n) is 2.93. The van der Waals surface area contributed by atoms with Gasteiger partial charge < -0.3 is 19.2 Å². The van der Waals surface area contributed by atoms with E-state index in [1.807, 2.05) is 37.3 Å². The molecule has 198 valence electrons. The first-order chi connectivity index (χ1) is 16.5. The number of carbonyl (C=O) groups is 2. The number of nitrogens with zero attached hydrogens (tertiary/aromatic N) is 1. The lowest BCUT2D eigenvalue weighted by Crippen LogP contribution is -2.52. The van der Waals surface area contributed by atoms with E-state index >= 15 is 0 Å². The van der Waals surface area contributed by atoms with Gasteiger partial charge in [0.2, 0.25) is 0 Å². The Labute approximate surface area is 216 Å². The number of carbonyl (C=O) groups excluding carboxylic acids is 2. The van der Waals surface area contributed by atoms with Gasteiger partial charge >= 0.3 is 12.2 Å². The molecule has 0 saturated heterocycles. The van der Waals surface area contributed by atoms with Crippen LogP contribution in [0.25, 0.3) is 0 Å². The maximum Gasteiger partial charge on any atom is 0.411 e. The Hall–Kier alpha value is -2.91. The van der Waals surface area contributed by atoms with Gasteiger partial charge in [0.15, 0.2) is 8.32 Å². The maximum atomic E-state index is 12.8. The summed E-state index contributed by atoms with van der Waals surface area (Å²) in [6, 6.07) is 12.8. The molecule has 0 unspecified atom stereocenters. The highest BCUT2D eigenvalue weighted by Crippen LogP contribution is 2.38. The molecule has 0 spiro atoms. The van der Waals surface area contributed by atoms with E-state index < -0.39 is 31.6 Å². The molecule has 36 heavy (non-hydrogen) atoms. The summed E-state index contributed by atoms with van der Waals surface area (Å²) < 4.78 is 17.3. The third-order valence-corrected chi connectivity index (χ3v) is 10.6. The number of nitrogens with one attached hydrogen (secondary N) is 2. The van der Waals surface area contributed by atoms with Gasteiger partial charge in [-0.15, -0.1) is 0 Å². The molecule has 0 aliphatic rings. The molecule has 0 bridgehead atoms. The molecule has 8 nitrogen and oxygen atoms in total. The largest absolute Gasteiger partial charge is 0.444 e. The highest BCUT2D eigenvalue weighted by Gasteiger charge is 2.41. The molecule has 0 aliphatic carbocycles. The summed E-state index contributed by atoms with van der Waals surface area (Å²) in [4.78, 5) is 29.6. The predicted molar refractivity (Wildman–Crippen MR) is 144 cm³/mol. The monoisotopic (exact) mass is 515 g/mol. The molecular formula is C27H41N3O5Si. The van der Waals surface area contributed by atoms with Crippen molar-refractivity contribution in [1.29, 1.82) is 0 Å². The van der Waals surface area contributed by atoms with Gasteiger partial charge in [-0.2, -0.15) is 0 Å². The molecule has 2 rings (SSSR count). The van der Waals surface area contributed by atoms with Crippen molar-refractivity contribution < 1.29 is 23.5 Å². The second-order valence-electron chi connectivity index (χ2n) is 11.6. The Bertz CT molecular complexity index is 1030. The molecule has 0 saturated carbocycles. The molecule has 0 radical (unpaired) electrons. The predicted octanol–water partition coefficient (Wildman–Crippen LogP) is 6.59. The van der Waals surface area contributed by atoms with Crippen LogP contribution in [0.15, 0.2) is 48.7 Å². The molecule has 1 aromatic carbocycles. The van der Waals surface area contributed by atoms with E-state index in [4.69, 9.17) is 13.9 Å². The second-order valence-corrected chi connectivity index (χ2v) is 16.4. The van der Waals surface area contributed by atoms with Gasteiger partial charge in [0.1, 0.15) is 17.7 Å². The van der Waals surface area contributed by atoms with Crippen molar-refractivity contribution in [3.05, 3.63) is 59.9 Å². The molecule has 2 aromatic rings. The quantitative estimate of drug-likeness (QED) is 0.385. The van der Waals surface area contributed by atoms with Gasteiger partial charge in [0.05, 0.1) is 12.3 Å². The SMILES string of the molecule is CC(C)(C)OC(=O)N[C@@](C)(CO[Si](C)(C)C(C)(C)C)c1cc(NC(=O)OCc2ccccc2)ccn1. The first kappa shape index (κ1) is 29.3. The molecular weight excluding hydrogens is 474 g/mol. The maximum absolute atomic E-state index is 12.8. The Kier molecular flexibility index (Phi) is 9.31. The van der Waals surface area contributed by atoms with Gasteiger partial charge in [-0.05, 0) is 63.5 Å². The second kappa shape index (κ2) is 11.4. The van der Waals surface area contributed by atoms with Crippen LogP contribution in [0.1, 0.15) is 59.7 Å². The minimum Gasteiger partial charge on any atom is -0.444 e. The number of ether oxygens (including phenoxy) is 2. The van der Waals surface area contributed by atoms with E-state index in [-0.39, 0.29) is 18.3 Å². The summed E-state index contributed by atoms with van der Waals surface area (Å²) in [5.74, 6) is 0. The minimum atomic E-state index is -2.14. The number of alkyl carbamates (subject to hydrolysis) is 1. The highest BCUT2D eigenvalue weighted by atomic mass is 28.4. The normalized spacial score (nSPS) is 13.9. The minimum absolute atomic E-state index is 0.0147. The van der Waals surface area contributed by atoms with Gasteiger partial charge in [-0.1, -0.05) is 51.1 Å². The number of pyridine rings is 1. The van der Waals surface area contributed by atoms with Crippen LogP contribution in [0.2, 0.25) is 18.1 Å². The van der Waals surface area contributed by atoms with Crippen molar-refractivity contribution in [2.45, 2.75) is 84.3 Å². The number of rotatable bonds is 8. The third-order valence-electron chi connectivity index (χ3n) is 6.09. The highest BCUT2D eigenvalue weighted by molar-refractivity contribution is 6.74. The number of hydrogen-bond acceptors (Lipinski definition) is 6. The molecule has 0 aliphatic heterocycles. The van der Waals surface area contributed by atoms with Crippen LogP contribution in [0.5, 0.6) is 0 Å². The Morgan fingerprint density at radius 2 is 1.58 bits per heavy atom. The Morgan fingerprint density at radius 3 is 2.17 bits per heavy atom. The standard InChI is InChI=1S/C27H41N3O5Si/c1-25(2,3)35-24(32)30-27(7,19-34-36(8,9)26(4,5)6)22-17-21(15-16-28-22)29-23(31)33-18-20-13-11-10-12-14-20/h10-17H,18-19H2,1-9H3,(H,30,32)(H,28,29,31)/t27-/m0/s1. The van der Waals surface area contributed by atoms with Gasteiger partial charge in [-0.25, -0.2) is 9.59 Å². The summed E-state index contributed by atoms with van der Waals surface area (Å²) in [6.45, 7) is 18.4. The Balaban J connectivity index is 2.23. The van der Waals surface area contributed by atoms with E-state index in [9.17, 15) is 9.59 Å². The zero-order valence-corrected chi connectivity index (χ0v) is 24.0. The van der Waals surface area contributed by atoms with Crippen molar-refractivity contribution >= 4 is 26.2 Å². The molecule has 2 amide bonds. The van der Waals surface area contributed by atoms with Crippen molar-refractivity contribution in [3.63, 3.8) is 0 Å². The smallest absolute Gasteiger partial charge is 0.411 e. The summed E-state index contributed by atoms with van der Waals surface area (Å²) in [7, 11) is -2.14. The molecule has 1 atom stereocenters. The van der Waals surface area contributed by atoms with Crippen molar-refractivity contribution in [2.75, 3.05) is 11.9 Å². The van der Waals surface area contributed by atoms with E-state index in [1.165, 1.54) is 0 Å². The summed E-state index contributed by atoms with van der Waals surface area (Å²) in [6.07, 6.45) is 0.408. The molecule has 0 fully saturated rings. The van der Waals surface area contributed by atoms with Crippen LogP contribution in [0, 0.1) is 0 Å². The van der Waals surface area contributed by atoms with Gasteiger partial charge in [-0.3, -0.25) is 10.3 Å². The molecule has 1 heterocycles. The van der Waals surface area contributed by atoms with Crippen LogP contribution in [-0.2, 0) is 26.0 Å². The lowest BCUT2D eigenvalue weighted by atomic mass is 9.98. The van der Waals surface area contributed by atoms with Gasteiger partial charge in [0, 0.05) is 11.9 Å².